The minimum Gasteiger partial charge on any atom is -0.385 e. The Balaban J connectivity index is 1.78. The highest BCUT2D eigenvalue weighted by atomic mass is 15.1. The summed E-state index contributed by atoms with van der Waals surface area (Å²) < 4.78 is 0. The molecule has 1 N–H and O–H groups in total. The second kappa shape index (κ2) is 6.79. The molecule has 2 heteroatoms. The molecule has 1 aliphatic heterocycles. The Kier molecular flexibility index (Phi) is 5.06. The molecule has 0 saturated carbocycles. The minimum absolute atomic E-state index is 0.805. The van der Waals surface area contributed by atoms with Gasteiger partial charge in [-0.2, -0.15) is 0 Å². The third-order valence-electron chi connectivity index (χ3n) is 3.81. The quantitative estimate of drug-likeness (QED) is 0.856. The van der Waals surface area contributed by atoms with Crippen molar-refractivity contribution in [1.29, 1.82) is 0 Å². The Labute approximate surface area is 111 Å². The van der Waals surface area contributed by atoms with Crippen LogP contribution < -0.4 is 5.32 Å². The number of nitrogens with zero attached hydrogens (tertiary/aromatic N) is 1. The lowest BCUT2D eigenvalue weighted by Crippen LogP contribution is -2.35. The lowest BCUT2D eigenvalue weighted by molar-refractivity contribution is 0.217. The first-order chi connectivity index (χ1) is 8.78. The molecule has 0 amide bonds. The van der Waals surface area contributed by atoms with Crippen LogP contribution in [0.1, 0.15) is 31.7 Å². The van der Waals surface area contributed by atoms with Crippen LogP contribution >= 0.6 is 0 Å². The van der Waals surface area contributed by atoms with E-state index in [0.717, 1.165) is 12.5 Å². The van der Waals surface area contributed by atoms with Gasteiger partial charge in [-0.3, -0.25) is 0 Å². The van der Waals surface area contributed by atoms with Crippen LogP contribution in [0.4, 0.5) is 5.69 Å². The molecule has 18 heavy (non-hydrogen) atoms. The van der Waals surface area contributed by atoms with Crippen LogP contribution in [-0.2, 0) is 6.42 Å². The van der Waals surface area contributed by atoms with E-state index < -0.39 is 0 Å². The fraction of sp³-hybridized carbons (Fsp3) is 0.625. The zero-order valence-electron chi connectivity index (χ0n) is 11.8. The Bertz CT molecular complexity index is 345. The molecule has 0 bridgehead atoms. The number of rotatable bonds is 5. The summed E-state index contributed by atoms with van der Waals surface area (Å²) >= 11 is 0. The van der Waals surface area contributed by atoms with Crippen molar-refractivity contribution in [3.05, 3.63) is 29.8 Å². The van der Waals surface area contributed by atoms with Gasteiger partial charge in [-0.1, -0.05) is 25.5 Å². The molecule has 1 aromatic carbocycles. The van der Waals surface area contributed by atoms with Gasteiger partial charge >= 0.3 is 0 Å². The van der Waals surface area contributed by atoms with Crippen LogP contribution in [0, 0.1) is 5.92 Å². The summed E-state index contributed by atoms with van der Waals surface area (Å²) in [7, 11) is 2.23. The average Bonchev–Trinajstić information content (AvgIpc) is 2.38. The molecule has 0 aliphatic carbocycles. The average molecular weight is 246 g/mol. The van der Waals surface area contributed by atoms with Crippen LogP contribution in [0.25, 0.3) is 0 Å². The number of hydrogen-bond donors (Lipinski definition) is 1. The predicted octanol–water partition coefficient (Wildman–Crippen LogP) is 3.39. The maximum absolute atomic E-state index is 3.58. The van der Waals surface area contributed by atoms with Crippen LogP contribution in [0.2, 0.25) is 0 Å². The first-order valence-electron chi connectivity index (χ1n) is 7.29. The van der Waals surface area contributed by atoms with E-state index in [4.69, 9.17) is 0 Å². The van der Waals surface area contributed by atoms with Crippen LogP contribution in [-0.4, -0.2) is 31.6 Å². The zero-order valence-corrected chi connectivity index (χ0v) is 11.8. The Morgan fingerprint density at radius 1 is 1.28 bits per heavy atom. The number of nitrogens with one attached hydrogen (secondary N) is 1. The highest BCUT2D eigenvalue weighted by molar-refractivity contribution is 5.44. The van der Waals surface area contributed by atoms with Crippen molar-refractivity contribution < 1.29 is 0 Å². The van der Waals surface area contributed by atoms with Gasteiger partial charge in [-0.05, 0) is 56.5 Å². The molecular weight excluding hydrogens is 220 g/mol. The van der Waals surface area contributed by atoms with Gasteiger partial charge < -0.3 is 10.2 Å². The van der Waals surface area contributed by atoms with Crippen molar-refractivity contribution in [1.82, 2.24) is 4.90 Å². The summed E-state index contributed by atoms with van der Waals surface area (Å²) in [5, 5.41) is 3.58. The summed E-state index contributed by atoms with van der Waals surface area (Å²) in [4.78, 5) is 2.44. The smallest absolute Gasteiger partial charge is 0.0340 e. The summed E-state index contributed by atoms with van der Waals surface area (Å²) in [6, 6.07) is 8.94. The van der Waals surface area contributed by atoms with Gasteiger partial charge in [0.25, 0.3) is 0 Å². The zero-order chi connectivity index (χ0) is 12.8. The molecule has 1 unspecified atom stereocenters. The summed E-state index contributed by atoms with van der Waals surface area (Å²) in [6.45, 7) is 5.84. The maximum atomic E-state index is 3.58. The number of piperidine rings is 1. The van der Waals surface area contributed by atoms with Gasteiger partial charge in [-0.15, -0.1) is 0 Å². The maximum Gasteiger partial charge on any atom is 0.0340 e. The number of likely N-dealkylation sites (tertiary alicyclic amines) is 1. The van der Waals surface area contributed by atoms with Gasteiger partial charge in [0.1, 0.15) is 0 Å². The molecule has 1 fully saturated rings. The number of benzene rings is 1. The molecule has 1 aromatic rings. The fourth-order valence-electron chi connectivity index (χ4n) is 2.78. The molecule has 2 rings (SSSR count). The van der Waals surface area contributed by atoms with E-state index >= 15 is 0 Å². The molecule has 0 aromatic heterocycles. The molecule has 1 atom stereocenters. The van der Waals surface area contributed by atoms with Gasteiger partial charge in [0.05, 0.1) is 0 Å². The van der Waals surface area contributed by atoms with Gasteiger partial charge in [0.2, 0.25) is 0 Å². The van der Waals surface area contributed by atoms with E-state index in [-0.39, 0.29) is 0 Å². The van der Waals surface area contributed by atoms with Crippen molar-refractivity contribution in [2.24, 2.45) is 5.92 Å². The number of aryl methyl sites for hydroxylation is 1. The molecule has 0 radical (unpaired) electrons. The summed E-state index contributed by atoms with van der Waals surface area (Å²) in [5.41, 5.74) is 2.71. The lowest BCUT2D eigenvalue weighted by atomic mass is 9.98. The van der Waals surface area contributed by atoms with E-state index in [1.165, 1.54) is 50.0 Å². The van der Waals surface area contributed by atoms with Gasteiger partial charge in [0.15, 0.2) is 0 Å². The molecular formula is C16H26N2. The normalized spacial score (nSPS) is 20.9. The van der Waals surface area contributed by atoms with Gasteiger partial charge in [-0.25, -0.2) is 0 Å². The lowest BCUT2D eigenvalue weighted by Gasteiger charge is -2.30. The van der Waals surface area contributed by atoms with E-state index in [9.17, 15) is 0 Å². The first-order valence-corrected chi connectivity index (χ1v) is 7.29. The summed E-state index contributed by atoms with van der Waals surface area (Å²) in [6.07, 6.45) is 5.12. The standard InChI is InChI=1S/C16H26N2/c1-3-5-14-7-9-16(10-8-14)17-12-15-6-4-11-18(2)13-15/h7-10,15,17H,3-6,11-13H2,1-2H3. The third kappa shape index (κ3) is 4.02. The topological polar surface area (TPSA) is 15.3 Å². The SMILES string of the molecule is CCCc1ccc(NCC2CCCN(C)C2)cc1. The summed E-state index contributed by atoms with van der Waals surface area (Å²) in [5.74, 6) is 0.805. The predicted molar refractivity (Wildman–Crippen MR) is 79.1 cm³/mol. The highest BCUT2D eigenvalue weighted by Gasteiger charge is 2.16. The largest absolute Gasteiger partial charge is 0.385 e. The molecule has 1 aliphatic rings. The minimum atomic E-state index is 0.805. The van der Waals surface area contributed by atoms with Gasteiger partial charge in [0, 0.05) is 18.8 Å². The van der Waals surface area contributed by atoms with E-state index in [1.54, 1.807) is 0 Å². The van der Waals surface area contributed by atoms with Crippen molar-refractivity contribution >= 4 is 5.69 Å². The monoisotopic (exact) mass is 246 g/mol. The van der Waals surface area contributed by atoms with Crippen LogP contribution in [0.3, 0.4) is 0 Å². The number of anilines is 1. The van der Waals surface area contributed by atoms with E-state index in [2.05, 4.69) is 48.5 Å². The second-order valence-corrected chi connectivity index (χ2v) is 5.60. The fourth-order valence-corrected chi connectivity index (χ4v) is 2.78. The van der Waals surface area contributed by atoms with Crippen molar-refractivity contribution in [3.8, 4) is 0 Å². The Morgan fingerprint density at radius 3 is 2.72 bits per heavy atom. The van der Waals surface area contributed by atoms with Crippen molar-refractivity contribution in [2.75, 3.05) is 32.0 Å². The molecule has 1 saturated heterocycles. The molecule has 100 valence electrons. The number of hydrogen-bond acceptors (Lipinski definition) is 2. The molecule has 0 spiro atoms. The van der Waals surface area contributed by atoms with E-state index in [0.29, 0.717) is 0 Å². The van der Waals surface area contributed by atoms with Crippen molar-refractivity contribution in [2.45, 2.75) is 32.6 Å². The third-order valence-corrected chi connectivity index (χ3v) is 3.81. The highest BCUT2D eigenvalue weighted by Crippen LogP contribution is 2.17. The molecule has 1 heterocycles. The Hall–Kier alpha value is -1.02. The van der Waals surface area contributed by atoms with Crippen molar-refractivity contribution in [3.63, 3.8) is 0 Å². The van der Waals surface area contributed by atoms with Crippen LogP contribution in [0.15, 0.2) is 24.3 Å². The first kappa shape index (κ1) is 13.4. The van der Waals surface area contributed by atoms with Crippen LogP contribution in [0.5, 0.6) is 0 Å². The van der Waals surface area contributed by atoms with E-state index in [1.807, 2.05) is 0 Å². The Morgan fingerprint density at radius 2 is 2.06 bits per heavy atom. The second-order valence-electron chi connectivity index (χ2n) is 5.60. The molecule has 2 nitrogen and oxygen atoms in total.